The summed E-state index contributed by atoms with van der Waals surface area (Å²) in [5.74, 6) is 1.46. The summed E-state index contributed by atoms with van der Waals surface area (Å²) in [4.78, 5) is 17.3. The van der Waals surface area contributed by atoms with Crippen molar-refractivity contribution in [3.05, 3.63) is 23.8 Å². The SMILES string of the molecule is COC[C@H]1CCC2(CCN(C(=O)c3ccc4c(c3)OCO4)CC2)N1C. The summed E-state index contributed by atoms with van der Waals surface area (Å²) in [6.45, 7) is 2.63. The Labute approximate surface area is 148 Å². The zero-order chi connectivity index (χ0) is 17.4. The van der Waals surface area contributed by atoms with Gasteiger partial charge >= 0.3 is 0 Å². The lowest BCUT2D eigenvalue weighted by Crippen LogP contribution is -2.54. The fourth-order valence-corrected chi connectivity index (χ4v) is 4.52. The Hall–Kier alpha value is -1.79. The molecular weight excluding hydrogens is 320 g/mol. The largest absolute Gasteiger partial charge is 0.454 e. The molecule has 6 nitrogen and oxygen atoms in total. The van der Waals surface area contributed by atoms with Crippen LogP contribution in [-0.4, -0.2) is 67.9 Å². The number of carbonyl (C=O) groups excluding carboxylic acids is 1. The first kappa shape index (κ1) is 16.7. The maximum absolute atomic E-state index is 12.8. The molecule has 1 spiro atoms. The zero-order valence-corrected chi connectivity index (χ0v) is 15.0. The smallest absolute Gasteiger partial charge is 0.253 e. The molecule has 1 aromatic carbocycles. The molecule has 4 rings (SSSR count). The van der Waals surface area contributed by atoms with Crippen molar-refractivity contribution in [2.45, 2.75) is 37.3 Å². The molecule has 2 fully saturated rings. The molecule has 136 valence electrons. The molecule has 6 heteroatoms. The number of likely N-dealkylation sites (N-methyl/N-ethyl adjacent to an activating group) is 1. The van der Waals surface area contributed by atoms with Crippen LogP contribution in [0.5, 0.6) is 11.5 Å². The van der Waals surface area contributed by atoms with Gasteiger partial charge in [0, 0.05) is 37.3 Å². The summed E-state index contributed by atoms with van der Waals surface area (Å²) in [7, 11) is 3.98. The van der Waals surface area contributed by atoms with Crippen LogP contribution in [0, 0.1) is 0 Å². The summed E-state index contributed by atoms with van der Waals surface area (Å²) < 4.78 is 16.1. The van der Waals surface area contributed by atoms with E-state index in [0.717, 1.165) is 32.5 Å². The van der Waals surface area contributed by atoms with E-state index >= 15 is 0 Å². The quantitative estimate of drug-likeness (QED) is 0.839. The van der Waals surface area contributed by atoms with Gasteiger partial charge in [-0.25, -0.2) is 0 Å². The molecular formula is C19H26N2O4. The van der Waals surface area contributed by atoms with E-state index in [1.807, 2.05) is 17.0 Å². The van der Waals surface area contributed by atoms with Crippen LogP contribution in [0.4, 0.5) is 0 Å². The number of benzene rings is 1. The van der Waals surface area contributed by atoms with Crippen molar-refractivity contribution in [2.75, 3.05) is 40.6 Å². The molecule has 3 aliphatic rings. The van der Waals surface area contributed by atoms with E-state index in [2.05, 4.69) is 11.9 Å². The van der Waals surface area contributed by atoms with Crippen LogP contribution in [-0.2, 0) is 4.74 Å². The third-order valence-electron chi connectivity index (χ3n) is 6.20. The van der Waals surface area contributed by atoms with E-state index in [0.29, 0.717) is 23.1 Å². The number of hydrogen-bond acceptors (Lipinski definition) is 5. The molecule has 0 radical (unpaired) electrons. The fraction of sp³-hybridized carbons (Fsp3) is 0.632. The molecule has 0 aromatic heterocycles. The molecule has 1 amide bonds. The van der Waals surface area contributed by atoms with Gasteiger partial charge in [-0.05, 0) is 50.9 Å². The highest BCUT2D eigenvalue weighted by molar-refractivity contribution is 5.95. The Morgan fingerprint density at radius 2 is 2.00 bits per heavy atom. The Balaban J connectivity index is 1.41. The van der Waals surface area contributed by atoms with Gasteiger partial charge in [-0.2, -0.15) is 0 Å². The highest BCUT2D eigenvalue weighted by Crippen LogP contribution is 2.41. The normalized spacial score (nSPS) is 24.9. The van der Waals surface area contributed by atoms with Crippen molar-refractivity contribution in [1.82, 2.24) is 9.80 Å². The van der Waals surface area contributed by atoms with Gasteiger partial charge in [0.15, 0.2) is 11.5 Å². The van der Waals surface area contributed by atoms with Gasteiger partial charge < -0.3 is 19.1 Å². The van der Waals surface area contributed by atoms with Crippen LogP contribution in [0.3, 0.4) is 0 Å². The molecule has 0 N–H and O–H groups in total. The summed E-state index contributed by atoms with van der Waals surface area (Å²) in [5, 5.41) is 0. The molecule has 25 heavy (non-hydrogen) atoms. The van der Waals surface area contributed by atoms with Crippen molar-refractivity contribution in [1.29, 1.82) is 0 Å². The standard InChI is InChI=1S/C19H26N2O4/c1-20-15(12-23-2)5-6-19(20)7-9-21(10-8-19)18(22)14-3-4-16-17(11-14)25-13-24-16/h3-4,11,15H,5-10,12-13H2,1-2H3/t15-/m1/s1. The van der Waals surface area contributed by atoms with Crippen LogP contribution in [0.15, 0.2) is 18.2 Å². The third-order valence-corrected chi connectivity index (χ3v) is 6.20. The average molecular weight is 346 g/mol. The summed E-state index contributed by atoms with van der Waals surface area (Å²) >= 11 is 0. The van der Waals surface area contributed by atoms with Crippen LogP contribution >= 0.6 is 0 Å². The molecule has 0 unspecified atom stereocenters. The van der Waals surface area contributed by atoms with Crippen LogP contribution < -0.4 is 9.47 Å². The summed E-state index contributed by atoms with van der Waals surface area (Å²) in [6, 6.07) is 5.95. The lowest BCUT2D eigenvalue weighted by atomic mass is 9.85. The Morgan fingerprint density at radius 1 is 1.24 bits per heavy atom. The number of piperidine rings is 1. The second-order valence-corrected chi connectivity index (χ2v) is 7.34. The third kappa shape index (κ3) is 2.87. The molecule has 2 saturated heterocycles. The van der Waals surface area contributed by atoms with E-state index in [9.17, 15) is 4.79 Å². The molecule has 0 bridgehead atoms. The number of fused-ring (bicyclic) bond motifs is 1. The number of rotatable bonds is 3. The number of methoxy groups -OCH3 is 1. The lowest BCUT2D eigenvalue weighted by Gasteiger charge is -2.45. The van der Waals surface area contributed by atoms with Crippen molar-refractivity contribution < 1.29 is 19.0 Å². The monoisotopic (exact) mass is 346 g/mol. The Kier molecular flexibility index (Phi) is 4.33. The number of hydrogen-bond donors (Lipinski definition) is 0. The van der Waals surface area contributed by atoms with E-state index in [-0.39, 0.29) is 18.2 Å². The number of ether oxygens (including phenoxy) is 3. The fourth-order valence-electron chi connectivity index (χ4n) is 4.52. The van der Waals surface area contributed by atoms with Crippen molar-refractivity contribution in [2.24, 2.45) is 0 Å². The van der Waals surface area contributed by atoms with Gasteiger partial charge in [0.1, 0.15) is 0 Å². The van der Waals surface area contributed by atoms with Crippen LogP contribution in [0.2, 0.25) is 0 Å². The maximum Gasteiger partial charge on any atom is 0.253 e. The highest BCUT2D eigenvalue weighted by atomic mass is 16.7. The number of carbonyl (C=O) groups is 1. The minimum absolute atomic E-state index is 0.0854. The second kappa shape index (κ2) is 6.50. The predicted octanol–water partition coefficient (Wildman–Crippen LogP) is 2.13. The van der Waals surface area contributed by atoms with Crippen molar-refractivity contribution >= 4 is 5.91 Å². The zero-order valence-electron chi connectivity index (χ0n) is 15.0. The van der Waals surface area contributed by atoms with Gasteiger partial charge in [0.25, 0.3) is 5.91 Å². The molecule has 0 aliphatic carbocycles. The van der Waals surface area contributed by atoms with E-state index < -0.39 is 0 Å². The van der Waals surface area contributed by atoms with Gasteiger partial charge in [0.05, 0.1) is 6.61 Å². The number of amides is 1. The summed E-state index contributed by atoms with van der Waals surface area (Å²) in [5.41, 5.74) is 0.909. The van der Waals surface area contributed by atoms with Crippen LogP contribution in [0.1, 0.15) is 36.0 Å². The van der Waals surface area contributed by atoms with Gasteiger partial charge in [-0.15, -0.1) is 0 Å². The molecule has 1 atom stereocenters. The van der Waals surface area contributed by atoms with Gasteiger partial charge in [-0.3, -0.25) is 9.69 Å². The minimum Gasteiger partial charge on any atom is -0.454 e. The lowest BCUT2D eigenvalue weighted by molar-refractivity contribution is 0.0273. The van der Waals surface area contributed by atoms with Crippen molar-refractivity contribution in [3.8, 4) is 11.5 Å². The topological polar surface area (TPSA) is 51.2 Å². The van der Waals surface area contributed by atoms with E-state index in [1.54, 1.807) is 13.2 Å². The molecule has 1 aromatic rings. The van der Waals surface area contributed by atoms with E-state index in [4.69, 9.17) is 14.2 Å². The van der Waals surface area contributed by atoms with Crippen molar-refractivity contribution in [3.63, 3.8) is 0 Å². The first-order valence-corrected chi connectivity index (χ1v) is 9.04. The second-order valence-electron chi connectivity index (χ2n) is 7.34. The Morgan fingerprint density at radius 3 is 2.76 bits per heavy atom. The first-order valence-electron chi connectivity index (χ1n) is 9.04. The minimum atomic E-state index is 0.0854. The average Bonchev–Trinajstić information content (AvgIpc) is 3.22. The highest BCUT2D eigenvalue weighted by Gasteiger charge is 2.46. The maximum atomic E-state index is 12.8. The summed E-state index contributed by atoms with van der Waals surface area (Å²) in [6.07, 6.45) is 4.43. The van der Waals surface area contributed by atoms with Gasteiger partial charge in [-0.1, -0.05) is 0 Å². The Bertz CT molecular complexity index is 655. The molecule has 3 aliphatic heterocycles. The molecule has 3 heterocycles. The number of likely N-dealkylation sites (tertiary alicyclic amines) is 2. The predicted molar refractivity (Wildman–Crippen MR) is 93.1 cm³/mol. The van der Waals surface area contributed by atoms with E-state index in [1.165, 1.54) is 12.8 Å². The first-order chi connectivity index (χ1) is 12.1. The number of nitrogens with zero attached hydrogens (tertiary/aromatic N) is 2. The van der Waals surface area contributed by atoms with Crippen LogP contribution in [0.25, 0.3) is 0 Å². The molecule has 0 saturated carbocycles. The van der Waals surface area contributed by atoms with Gasteiger partial charge in [0.2, 0.25) is 6.79 Å².